The summed E-state index contributed by atoms with van der Waals surface area (Å²) < 4.78 is 0. The van der Waals surface area contributed by atoms with E-state index in [1.807, 2.05) is 42.5 Å². The van der Waals surface area contributed by atoms with Crippen molar-refractivity contribution in [2.24, 2.45) is 5.73 Å². The molecule has 0 aromatic heterocycles. The first kappa shape index (κ1) is 9.31. The second kappa shape index (κ2) is 3.29. The number of ketones is 1. The Labute approximate surface area is 93.7 Å². The molecule has 0 saturated heterocycles. The number of hydrogen-bond donors (Lipinski definition) is 1. The van der Waals surface area contributed by atoms with Crippen molar-refractivity contribution in [3.63, 3.8) is 0 Å². The predicted molar refractivity (Wildman–Crippen MR) is 63.2 cm³/mol. The van der Waals surface area contributed by atoms with Crippen LogP contribution in [0.1, 0.15) is 21.5 Å². The van der Waals surface area contributed by atoms with Crippen LogP contribution in [0.3, 0.4) is 0 Å². The highest BCUT2D eigenvalue weighted by atomic mass is 16.1. The van der Waals surface area contributed by atoms with E-state index in [9.17, 15) is 4.79 Å². The summed E-state index contributed by atoms with van der Waals surface area (Å²) in [6.45, 7) is 0.463. The van der Waals surface area contributed by atoms with E-state index in [1.165, 1.54) is 0 Å². The molecule has 0 unspecified atom stereocenters. The van der Waals surface area contributed by atoms with Crippen LogP contribution in [-0.2, 0) is 6.54 Å². The summed E-state index contributed by atoms with van der Waals surface area (Å²) in [5.41, 5.74) is 10.4. The topological polar surface area (TPSA) is 43.1 Å². The molecule has 0 heterocycles. The average molecular weight is 209 g/mol. The number of hydrogen-bond acceptors (Lipinski definition) is 2. The zero-order chi connectivity index (χ0) is 11.1. The zero-order valence-corrected chi connectivity index (χ0v) is 8.73. The Hall–Kier alpha value is -1.93. The summed E-state index contributed by atoms with van der Waals surface area (Å²) in [4.78, 5) is 12.1. The van der Waals surface area contributed by atoms with Gasteiger partial charge in [-0.25, -0.2) is 0 Å². The van der Waals surface area contributed by atoms with Gasteiger partial charge in [0.2, 0.25) is 0 Å². The van der Waals surface area contributed by atoms with Gasteiger partial charge in [0.05, 0.1) is 0 Å². The zero-order valence-electron chi connectivity index (χ0n) is 8.73. The normalized spacial score (nSPS) is 12.4. The molecule has 0 radical (unpaired) electrons. The molecule has 78 valence electrons. The number of carbonyl (C=O) groups excluding carboxylic acids is 1. The maximum atomic E-state index is 12.1. The van der Waals surface area contributed by atoms with Crippen molar-refractivity contribution in [3.8, 4) is 11.1 Å². The minimum absolute atomic E-state index is 0.112. The average Bonchev–Trinajstić information content (AvgIpc) is 2.64. The first-order valence-electron chi connectivity index (χ1n) is 5.29. The minimum Gasteiger partial charge on any atom is -0.326 e. The van der Waals surface area contributed by atoms with Crippen LogP contribution in [0.5, 0.6) is 0 Å². The third kappa shape index (κ3) is 1.08. The fraction of sp³-hybridized carbons (Fsp3) is 0.0714. The van der Waals surface area contributed by atoms with Gasteiger partial charge in [0.25, 0.3) is 0 Å². The highest BCUT2D eigenvalue weighted by Gasteiger charge is 2.27. The number of carbonyl (C=O) groups is 1. The second-order valence-electron chi connectivity index (χ2n) is 3.92. The van der Waals surface area contributed by atoms with Gasteiger partial charge in [-0.2, -0.15) is 0 Å². The Kier molecular flexibility index (Phi) is 1.91. The lowest BCUT2D eigenvalue weighted by molar-refractivity contribution is 0.104. The van der Waals surface area contributed by atoms with Crippen molar-refractivity contribution in [3.05, 3.63) is 59.2 Å². The summed E-state index contributed by atoms with van der Waals surface area (Å²) in [5, 5.41) is 0. The molecule has 0 aliphatic heterocycles. The maximum absolute atomic E-state index is 12.1. The third-order valence-electron chi connectivity index (χ3n) is 3.06. The smallest absolute Gasteiger partial charge is 0.194 e. The Bertz CT molecular complexity index is 587. The molecule has 2 aromatic carbocycles. The highest BCUT2D eigenvalue weighted by Crippen LogP contribution is 2.38. The van der Waals surface area contributed by atoms with Crippen LogP contribution in [0.15, 0.2) is 42.5 Å². The van der Waals surface area contributed by atoms with E-state index in [0.717, 1.165) is 27.8 Å². The molecule has 0 saturated carbocycles. The van der Waals surface area contributed by atoms with Gasteiger partial charge in [-0.05, 0) is 16.7 Å². The molecule has 3 rings (SSSR count). The molecule has 0 atom stereocenters. The first-order chi connectivity index (χ1) is 7.83. The van der Waals surface area contributed by atoms with E-state index in [0.29, 0.717) is 6.54 Å². The molecule has 1 aliphatic rings. The summed E-state index contributed by atoms with van der Waals surface area (Å²) in [6.07, 6.45) is 0. The van der Waals surface area contributed by atoms with Crippen molar-refractivity contribution in [2.45, 2.75) is 6.54 Å². The lowest BCUT2D eigenvalue weighted by Gasteiger charge is -2.05. The van der Waals surface area contributed by atoms with Crippen molar-refractivity contribution in [1.82, 2.24) is 0 Å². The van der Waals surface area contributed by atoms with Crippen molar-refractivity contribution in [2.75, 3.05) is 0 Å². The van der Waals surface area contributed by atoms with Gasteiger partial charge >= 0.3 is 0 Å². The highest BCUT2D eigenvalue weighted by molar-refractivity contribution is 6.22. The van der Waals surface area contributed by atoms with Gasteiger partial charge in [-0.1, -0.05) is 42.5 Å². The van der Waals surface area contributed by atoms with Crippen LogP contribution in [0.4, 0.5) is 0 Å². The monoisotopic (exact) mass is 209 g/mol. The largest absolute Gasteiger partial charge is 0.326 e. The standard InChI is InChI=1S/C14H11NO/c15-8-9-4-3-7-12-13(9)10-5-1-2-6-11(10)14(12)16/h1-7H,8,15H2. The summed E-state index contributed by atoms with van der Waals surface area (Å²) in [6, 6.07) is 13.4. The molecule has 0 amide bonds. The van der Waals surface area contributed by atoms with E-state index in [-0.39, 0.29) is 5.78 Å². The summed E-state index contributed by atoms with van der Waals surface area (Å²) >= 11 is 0. The molecule has 0 bridgehead atoms. The Morgan fingerprint density at radius 3 is 2.31 bits per heavy atom. The van der Waals surface area contributed by atoms with E-state index < -0.39 is 0 Å². The van der Waals surface area contributed by atoms with Crippen LogP contribution in [0.25, 0.3) is 11.1 Å². The van der Waals surface area contributed by atoms with Gasteiger partial charge in [0, 0.05) is 17.7 Å². The van der Waals surface area contributed by atoms with Crippen molar-refractivity contribution >= 4 is 5.78 Å². The lowest BCUT2D eigenvalue weighted by Crippen LogP contribution is -2.00. The summed E-state index contributed by atoms with van der Waals surface area (Å²) in [7, 11) is 0. The Morgan fingerprint density at radius 1 is 0.875 bits per heavy atom. The molecule has 16 heavy (non-hydrogen) atoms. The molecule has 2 heteroatoms. The number of rotatable bonds is 1. The van der Waals surface area contributed by atoms with Gasteiger partial charge in [0.1, 0.15) is 0 Å². The molecular formula is C14H11NO. The minimum atomic E-state index is 0.112. The van der Waals surface area contributed by atoms with Gasteiger partial charge in [-0.3, -0.25) is 4.79 Å². The van der Waals surface area contributed by atoms with E-state index in [1.54, 1.807) is 0 Å². The lowest BCUT2D eigenvalue weighted by atomic mass is 10.00. The van der Waals surface area contributed by atoms with Crippen molar-refractivity contribution < 1.29 is 4.79 Å². The predicted octanol–water partition coefficient (Wildman–Crippen LogP) is 2.36. The van der Waals surface area contributed by atoms with Gasteiger partial charge in [0.15, 0.2) is 5.78 Å². The molecule has 0 fully saturated rings. The van der Waals surface area contributed by atoms with Crippen LogP contribution in [-0.4, -0.2) is 5.78 Å². The van der Waals surface area contributed by atoms with Gasteiger partial charge in [-0.15, -0.1) is 0 Å². The Balaban J connectivity index is 2.39. The van der Waals surface area contributed by atoms with E-state index in [2.05, 4.69) is 0 Å². The van der Waals surface area contributed by atoms with Crippen LogP contribution >= 0.6 is 0 Å². The third-order valence-corrected chi connectivity index (χ3v) is 3.06. The van der Waals surface area contributed by atoms with Crippen LogP contribution in [0.2, 0.25) is 0 Å². The van der Waals surface area contributed by atoms with Gasteiger partial charge < -0.3 is 5.73 Å². The Morgan fingerprint density at radius 2 is 1.56 bits per heavy atom. The second-order valence-corrected chi connectivity index (χ2v) is 3.92. The van der Waals surface area contributed by atoms with Crippen molar-refractivity contribution in [1.29, 1.82) is 0 Å². The van der Waals surface area contributed by atoms with E-state index in [4.69, 9.17) is 5.73 Å². The number of benzene rings is 2. The number of nitrogens with two attached hydrogens (primary N) is 1. The molecule has 2 N–H and O–H groups in total. The molecule has 2 nitrogen and oxygen atoms in total. The first-order valence-corrected chi connectivity index (χ1v) is 5.29. The fourth-order valence-corrected chi connectivity index (χ4v) is 2.32. The maximum Gasteiger partial charge on any atom is 0.194 e. The molecule has 0 spiro atoms. The van der Waals surface area contributed by atoms with Crippen LogP contribution in [0, 0.1) is 0 Å². The molecule has 1 aliphatic carbocycles. The quantitative estimate of drug-likeness (QED) is 0.668. The van der Waals surface area contributed by atoms with E-state index >= 15 is 0 Å². The SMILES string of the molecule is NCc1cccc2c1-c1ccccc1C2=O. The number of fused-ring (bicyclic) bond motifs is 3. The molecular weight excluding hydrogens is 198 g/mol. The summed E-state index contributed by atoms with van der Waals surface area (Å²) in [5.74, 6) is 0.112. The van der Waals surface area contributed by atoms with Crippen LogP contribution < -0.4 is 5.73 Å². The fourth-order valence-electron chi connectivity index (χ4n) is 2.32. The molecule has 2 aromatic rings.